The number of aliphatic hydroxyl groups excluding tert-OH is 1. The van der Waals surface area contributed by atoms with Gasteiger partial charge in [-0.2, -0.15) is 4.98 Å². The number of nitrogens with zero attached hydrogens (tertiary/aromatic N) is 7. The van der Waals surface area contributed by atoms with Crippen LogP contribution in [0.25, 0.3) is 22.3 Å². The predicted octanol–water partition coefficient (Wildman–Crippen LogP) is 0.704. The van der Waals surface area contributed by atoms with Crippen molar-refractivity contribution in [2.45, 2.75) is 61.5 Å². The van der Waals surface area contributed by atoms with Gasteiger partial charge in [0.25, 0.3) is 5.56 Å². The van der Waals surface area contributed by atoms with Crippen molar-refractivity contribution >= 4 is 71.9 Å². The van der Waals surface area contributed by atoms with E-state index in [4.69, 9.17) is 46.5 Å². The second kappa shape index (κ2) is 12.9. The zero-order valence-electron chi connectivity index (χ0n) is 24.6. The zero-order valence-corrected chi connectivity index (χ0v) is 28.1. The highest BCUT2D eigenvalue weighted by Crippen LogP contribution is 2.60. The molecule has 7 N–H and O–H groups in total. The standard InChI is InChI=1S/C23H29FN10O9P2S2/c1-23(15(43-44(37)46)13(39-2)20(42-23)33-7-29-11-16(25)27-6-28-17(11)33)5-40-45(38,47)14-10(24)9(3-4-35)41-21(14)34-8-30-12-18(34)31-22(26)32-19(12)36/h6-10,13-15,20-21,35H,3-5H2,1-2H3,(H6-,25,26,27,28,31,32,36,37,38,46,47)/p+1/t9-,10-,13-,14-,15+,20-,21-,23?,45?/m1/s1. The van der Waals surface area contributed by atoms with Crippen molar-refractivity contribution in [2.75, 3.05) is 31.8 Å². The fourth-order valence-electron chi connectivity index (χ4n) is 5.88. The number of imidazole rings is 2. The van der Waals surface area contributed by atoms with Crippen LogP contribution in [0, 0.1) is 0 Å². The highest BCUT2D eigenvalue weighted by Gasteiger charge is 2.60. The number of aromatic nitrogens is 8. The monoisotopic (exact) mass is 735 g/mol. The summed E-state index contributed by atoms with van der Waals surface area (Å²) in [5, 5.41) is 9.56. The summed E-state index contributed by atoms with van der Waals surface area (Å²) in [4.78, 5) is 47.1. The smallest absolute Gasteiger partial charge is 0.396 e. The third-order valence-corrected chi connectivity index (χ3v) is 11.6. The van der Waals surface area contributed by atoms with Gasteiger partial charge in [0.15, 0.2) is 47.7 Å². The molecule has 24 heteroatoms. The van der Waals surface area contributed by atoms with Crippen molar-refractivity contribution in [3.05, 3.63) is 29.3 Å². The maximum absolute atomic E-state index is 16.1. The number of aromatic amines is 1. The van der Waals surface area contributed by atoms with Gasteiger partial charge in [0.2, 0.25) is 5.95 Å². The summed E-state index contributed by atoms with van der Waals surface area (Å²) in [6.07, 6.45) is -3.91. The molecule has 2 fully saturated rings. The summed E-state index contributed by atoms with van der Waals surface area (Å²) < 4.78 is 60.8. The van der Waals surface area contributed by atoms with E-state index in [0.29, 0.717) is 11.2 Å². The van der Waals surface area contributed by atoms with Gasteiger partial charge < -0.3 is 40.2 Å². The van der Waals surface area contributed by atoms with E-state index >= 15 is 4.39 Å². The third-order valence-electron chi connectivity index (χ3n) is 8.05. The largest absolute Gasteiger partial charge is 0.582 e. The number of nitrogen functional groups attached to an aromatic ring is 2. The lowest BCUT2D eigenvalue weighted by Crippen LogP contribution is -2.45. The number of nitrogens with two attached hydrogens (primary N) is 2. The second-order valence-electron chi connectivity index (χ2n) is 11.0. The Morgan fingerprint density at radius 3 is 2.60 bits per heavy atom. The van der Waals surface area contributed by atoms with Crippen molar-refractivity contribution < 1.29 is 42.2 Å². The van der Waals surface area contributed by atoms with Crippen molar-refractivity contribution in [3.8, 4) is 0 Å². The first-order valence-corrected chi connectivity index (χ1v) is 18.9. The van der Waals surface area contributed by atoms with Gasteiger partial charge >= 0.3 is 7.23 Å². The normalized spacial score (nSPS) is 31.1. The van der Waals surface area contributed by atoms with Gasteiger partial charge in [0.1, 0.15) is 47.6 Å². The van der Waals surface area contributed by atoms with E-state index in [1.807, 2.05) is 0 Å². The first-order chi connectivity index (χ1) is 22.3. The number of rotatable bonds is 11. The van der Waals surface area contributed by atoms with E-state index in [2.05, 4.69) is 42.2 Å². The number of anilines is 2. The molecule has 0 spiro atoms. The summed E-state index contributed by atoms with van der Waals surface area (Å²) in [6.45, 7) is -3.63. The second-order valence-corrected chi connectivity index (χ2v) is 16.2. The molecule has 254 valence electrons. The number of nitrogens with one attached hydrogen (secondary N) is 1. The van der Waals surface area contributed by atoms with Crippen LogP contribution in [0.15, 0.2) is 23.8 Å². The van der Waals surface area contributed by atoms with Crippen LogP contribution < -0.4 is 17.0 Å². The molecule has 3 unspecified atom stereocenters. The number of methoxy groups -OCH3 is 1. The molecule has 0 amide bonds. The van der Waals surface area contributed by atoms with Crippen molar-refractivity contribution in [3.63, 3.8) is 0 Å². The van der Waals surface area contributed by atoms with Gasteiger partial charge in [-0.05, 0) is 29.7 Å². The topological polar surface area (TPSA) is 263 Å². The van der Waals surface area contributed by atoms with Gasteiger partial charge in [-0.25, -0.2) is 24.3 Å². The Hall–Kier alpha value is -2.75. The Kier molecular flexibility index (Phi) is 9.39. The van der Waals surface area contributed by atoms with Crippen LogP contribution in [0.1, 0.15) is 25.8 Å². The van der Waals surface area contributed by atoms with Crippen LogP contribution in [0.4, 0.5) is 16.2 Å². The molecular weight excluding hydrogens is 705 g/mol. The quantitative estimate of drug-likeness (QED) is 0.0915. The molecule has 0 aliphatic carbocycles. The van der Waals surface area contributed by atoms with E-state index in [9.17, 15) is 19.4 Å². The van der Waals surface area contributed by atoms with Crippen LogP contribution in [-0.2, 0) is 39.6 Å². The lowest BCUT2D eigenvalue weighted by atomic mass is 9.98. The third kappa shape index (κ3) is 6.05. The number of hydrogen-bond acceptors (Lipinski definition) is 16. The average Bonchev–Trinajstić information content (AvgIpc) is 3.76. The summed E-state index contributed by atoms with van der Waals surface area (Å²) >= 11 is 9.48. The Labute approximate surface area is 275 Å². The molecule has 6 rings (SSSR count). The molecule has 2 aliphatic heterocycles. The van der Waals surface area contributed by atoms with Gasteiger partial charge in [-0.1, -0.05) is 0 Å². The SMILES string of the molecule is CO[C@H]1[C@H](n2cnc3c(N)ncnc32)OC(C)(COP(O)(=S)[C@@H]2[C@H](F)[C@@H](CCO)O[C@H]2n2cnc3c(=O)[nH]c(N)nc32)[C@H]1O[P+](=O)S. The number of aliphatic hydroxyl groups is 1. The molecule has 2 aliphatic rings. The van der Waals surface area contributed by atoms with Crippen LogP contribution in [0.2, 0.25) is 0 Å². The fourth-order valence-corrected chi connectivity index (χ4v) is 9.24. The summed E-state index contributed by atoms with van der Waals surface area (Å²) in [5.41, 5.74) is 8.40. The number of thiol groups is 1. The van der Waals surface area contributed by atoms with Gasteiger partial charge in [0, 0.05) is 13.7 Å². The minimum atomic E-state index is -4.23. The summed E-state index contributed by atoms with van der Waals surface area (Å²) in [7, 11) is -1.14. The van der Waals surface area contributed by atoms with E-state index in [-0.39, 0.29) is 29.4 Å². The van der Waals surface area contributed by atoms with Crippen LogP contribution in [0.3, 0.4) is 0 Å². The Morgan fingerprint density at radius 2 is 1.91 bits per heavy atom. The van der Waals surface area contributed by atoms with E-state index in [1.165, 1.54) is 35.2 Å². The van der Waals surface area contributed by atoms with E-state index in [0.717, 1.165) is 0 Å². The maximum Gasteiger partial charge on any atom is 0.582 e. The molecule has 0 radical (unpaired) electrons. The van der Waals surface area contributed by atoms with E-state index < -0.39 is 80.7 Å². The summed E-state index contributed by atoms with van der Waals surface area (Å²) in [5.74, 6) is -0.107. The van der Waals surface area contributed by atoms with Crippen LogP contribution in [0.5, 0.6) is 0 Å². The maximum atomic E-state index is 16.1. The van der Waals surface area contributed by atoms with Crippen molar-refractivity contribution in [1.29, 1.82) is 0 Å². The Morgan fingerprint density at radius 1 is 1.21 bits per heavy atom. The van der Waals surface area contributed by atoms with Gasteiger partial charge in [0.05, 0.1) is 25.4 Å². The first-order valence-electron chi connectivity index (χ1n) is 13.9. The lowest BCUT2D eigenvalue weighted by molar-refractivity contribution is -0.108. The van der Waals surface area contributed by atoms with Crippen LogP contribution >= 0.6 is 26.0 Å². The Balaban J connectivity index is 1.34. The molecule has 0 saturated carbocycles. The molecule has 6 heterocycles. The highest BCUT2D eigenvalue weighted by atomic mass is 32.7. The Bertz CT molecular complexity index is 1930. The highest BCUT2D eigenvalue weighted by molar-refractivity contribution is 8.39. The van der Waals surface area contributed by atoms with Crippen LogP contribution in [-0.4, -0.2) is 105 Å². The average molecular weight is 736 g/mol. The molecule has 19 nitrogen and oxygen atoms in total. The number of hydrogen-bond donors (Lipinski definition) is 6. The number of fused-ring (bicyclic) bond motifs is 2. The molecule has 47 heavy (non-hydrogen) atoms. The van der Waals surface area contributed by atoms with Gasteiger partial charge in [-0.15, -0.1) is 4.52 Å². The van der Waals surface area contributed by atoms with Crippen molar-refractivity contribution in [2.24, 2.45) is 0 Å². The predicted molar refractivity (Wildman–Crippen MR) is 170 cm³/mol. The fraction of sp³-hybridized carbons (Fsp3) is 0.565. The molecular formula is C23H30FN10O9P2S2+. The molecule has 4 aromatic heterocycles. The molecule has 0 bridgehead atoms. The number of H-pyrrole nitrogens is 1. The zero-order chi connectivity index (χ0) is 33.8. The summed E-state index contributed by atoms with van der Waals surface area (Å²) in [6, 6.07) is 0. The van der Waals surface area contributed by atoms with Crippen molar-refractivity contribution in [1.82, 2.24) is 39.0 Å². The molecule has 0 aromatic carbocycles. The minimum absolute atomic E-state index is 0.0481. The molecule has 4 aromatic rings. The lowest BCUT2D eigenvalue weighted by Gasteiger charge is -2.33. The van der Waals surface area contributed by atoms with E-state index in [1.54, 1.807) is 6.92 Å². The molecule has 10 atom stereocenters. The number of alkyl halides is 1. The first kappa shape index (κ1) is 34.1. The number of halogens is 1. The van der Waals surface area contributed by atoms with Gasteiger partial charge in [-0.3, -0.25) is 18.9 Å². The number of ether oxygens (including phenoxy) is 3. The minimum Gasteiger partial charge on any atom is -0.396 e. The molecule has 2 saturated heterocycles.